The minimum atomic E-state index is -0.461. The summed E-state index contributed by atoms with van der Waals surface area (Å²) >= 11 is 0. The molecule has 3 aromatic carbocycles. The van der Waals surface area contributed by atoms with E-state index in [4.69, 9.17) is 0 Å². The van der Waals surface area contributed by atoms with Gasteiger partial charge >= 0.3 is 0 Å². The van der Waals surface area contributed by atoms with E-state index in [2.05, 4.69) is 9.97 Å². The number of phenols is 3. The number of para-hydroxylation sites is 2. The summed E-state index contributed by atoms with van der Waals surface area (Å²) in [4.78, 5) is 20.6. The van der Waals surface area contributed by atoms with Gasteiger partial charge in [-0.2, -0.15) is 0 Å². The van der Waals surface area contributed by atoms with Crippen LogP contribution < -0.4 is 0 Å². The van der Waals surface area contributed by atoms with Crippen LogP contribution in [0.25, 0.3) is 22.4 Å². The Bertz CT molecular complexity index is 1220. The molecule has 0 bridgehead atoms. The number of carbonyl (C=O) groups is 1. The number of benzene rings is 3. The normalized spacial score (nSPS) is 12.8. The van der Waals surface area contributed by atoms with E-state index in [-0.39, 0.29) is 28.4 Å². The molecule has 6 heteroatoms. The molecule has 4 N–H and O–H groups in total. The molecule has 0 amide bonds. The molecule has 4 aromatic rings. The van der Waals surface area contributed by atoms with Crippen LogP contribution in [-0.2, 0) is 6.42 Å². The fourth-order valence-corrected chi connectivity index (χ4v) is 3.71. The Morgan fingerprint density at radius 2 is 1.59 bits per heavy atom. The van der Waals surface area contributed by atoms with Gasteiger partial charge < -0.3 is 20.3 Å². The van der Waals surface area contributed by atoms with Crippen molar-refractivity contribution < 1.29 is 20.1 Å². The lowest BCUT2D eigenvalue weighted by molar-refractivity contribution is 0.103. The van der Waals surface area contributed by atoms with Crippen molar-refractivity contribution in [3.8, 4) is 28.6 Å². The Hall–Kier alpha value is -3.80. The Balaban J connectivity index is 1.68. The largest absolute Gasteiger partial charge is 0.508 e. The number of hydrogen-bond donors (Lipinski definition) is 4. The molecule has 0 aliphatic heterocycles. The van der Waals surface area contributed by atoms with Gasteiger partial charge in [0.25, 0.3) is 0 Å². The van der Waals surface area contributed by atoms with Crippen molar-refractivity contribution in [3.63, 3.8) is 0 Å². The van der Waals surface area contributed by atoms with Gasteiger partial charge in [-0.3, -0.25) is 4.79 Å². The quantitative estimate of drug-likeness (QED) is 0.367. The minimum Gasteiger partial charge on any atom is -0.508 e. The van der Waals surface area contributed by atoms with Crippen molar-refractivity contribution in [2.45, 2.75) is 6.42 Å². The van der Waals surface area contributed by atoms with E-state index in [1.54, 1.807) is 6.07 Å². The van der Waals surface area contributed by atoms with Crippen LogP contribution in [0.3, 0.4) is 0 Å². The second-order valence-electron chi connectivity index (χ2n) is 6.64. The first kappa shape index (κ1) is 15.5. The first-order valence-electron chi connectivity index (χ1n) is 8.42. The third-order valence-electron chi connectivity index (χ3n) is 4.88. The molecule has 1 aliphatic carbocycles. The number of aromatic amines is 1. The van der Waals surface area contributed by atoms with E-state index in [9.17, 15) is 20.1 Å². The highest BCUT2D eigenvalue weighted by Gasteiger charge is 2.30. The predicted octanol–water partition coefficient (Wildman–Crippen LogP) is 3.48. The number of aromatic nitrogens is 2. The molecule has 0 unspecified atom stereocenters. The molecule has 27 heavy (non-hydrogen) atoms. The van der Waals surface area contributed by atoms with Crippen LogP contribution in [0.15, 0.2) is 48.5 Å². The first-order valence-corrected chi connectivity index (χ1v) is 8.42. The number of ketones is 1. The molecule has 132 valence electrons. The van der Waals surface area contributed by atoms with Crippen molar-refractivity contribution in [3.05, 3.63) is 70.8 Å². The molecule has 0 saturated carbocycles. The van der Waals surface area contributed by atoms with Gasteiger partial charge in [0, 0.05) is 11.6 Å². The number of nitrogens with one attached hydrogen (secondary N) is 1. The summed E-state index contributed by atoms with van der Waals surface area (Å²) in [6, 6.07) is 13.5. The molecule has 0 fully saturated rings. The third-order valence-corrected chi connectivity index (χ3v) is 4.88. The topological polar surface area (TPSA) is 106 Å². The number of fused-ring (bicyclic) bond motifs is 3. The highest BCUT2D eigenvalue weighted by molar-refractivity contribution is 6.15. The summed E-state index contributed by atoms with van der Waals surface area (Å²) in [6.07, 6.45) is 0.306. The van der Waals surface area contributed by atoms with Gasteiger partial charge in [0.2, 0.25) is 5.78 Å². The molecule has 1 heterocycles. The van der Waals surface area contributed by atoms with Gasteiger partial charge in [0.05, 0.1) is 22.2 Å². The fourth-order valence-electron chi connectivity index (χ4n) is 3.71. The lowest BCUT2D eigenvalue weighted by atomic mass is 9.83. The number of nitrogens with zero attached hydrogens (tertiary/aromatic N) is 1. The molecule has 6 nitrogen and oxygen atoms in total. The number of hydrogen-bond acceptors (Lipinski definition) is 5. The number of carbonyl (C=O) groups excluding carboxylic acids is 1. The van der Waals surface area contributed by atoms with Crippen LogP contribution in [0.5, 0.6) is 17.2 Å². The SMILES string of the molecule is O=C1c2c(O)cc(O)cc2Cc2cc(-c3nc4ccccc4[nH]3)cc(O)c21. The van der Waals surface area contributed by atoms with Gasteiger partial charge in [-0.15, -0.1) is 0 Å². The zero-order valence-corrected chi connectivity index (χ0v) is 14.0. The molecule has 0 saturated heterocycles. The molecule has 0 spiro atoms. The first-order chi connectivity index (χ1) is 13.0. The Labute approximate surface area is 153 Å². The summed E-state index contributed by atoms with van der Waals surface area (Å²) < 4.78 is 0. The van der Waals surface area contributed by atoms with Crippen LogP contribution >= 0.6 is 0 Å². The van der Waals surface area contributed by atoms with Crippen molar-refractivity contribution in [1.82, 2.24) is 9.97 Å². The number of phenolic OH excluding ortho intramolecular Hbond substituents is 3. The number of aromatic hydroxyl groups is 3. The van der Waals surface area contributed by atoms with Crippen LogP contribution in [-0.4, -0.2) is 31.1 Å². The zero-order chi connectivity index (χ0) is 18.7. The average molecular weight is 358 g/mol. The van der Waals surface area contributed by atoms with Gasteiger partial charge in [0.15, 0.2) is 0 Å². The van der Waals surface area contributed by atoms with Gasteiger partial charge in [-0.05, 0) is 47.9 Å². The lowest BCUT2D eigenvalue weighted by Gasteiger charge is -2.21. The zero-order valence-electron chi connectivity index (χ0n) is 14.0. The van der Waals surface area contributed by atoms with Crippen molar-refractivity contribution in [1.29, 1.82) is 0 Å². The highest BCUT2D eigenvalue weighted by atomic mass is 16.3. The van der Waals surface area contributed by atoms with E-state index in [0.717, 1.165) is 17.1 Å². The second kappa shape index (κ2) is 5.35. The van der Waals surface area contributed by atoms with Crippen LogP contribution in [0.2, 0.25) is 0 Å². The summed E-state index contributed by atoms with van der Waals surface area (Å²) in [5.41, 5.74) is 3.76. The monoisotopic (exact) mass is 358 g/mol. The van der Waals surface area contributed by atoms with Crippen LogP contribution in [0.1, 0.15) is 27.0 Å². The molecule has 5 rings (SSSR count). The van der Waals surface area contributed by atoms with Gasteiger partial charge in [-0.1, -0.05) is 12.1 Å². The molecule has 0 atom stereocenters. The van der Waals surface area contributed by atoms with Crippen molar-refractivity contribution in [2.75, 3.05) is 0 Å². The van der Waals surface area contributed by atoms with Crippen LogP contribution in [0, 0.1) is 0 Å². The van der Waals surface area contributed by atoms with Gasteiger partial charge in [0.1, 0.15) is 23.1 Å². The van der Waals surface area contributed by atoms with E-state index >= 15 is 0 Å². The molecule has 1 aliphatic rings. The summed E-state index contributed by atoms with van der Waals surface area (Å²) in [5.74, 6) is -0.434. The third kappa shape index (κ3) is 2.27. The van der Waals surface area contributed by atoms with E-state index in [1.807, 2.05) is 24.3 Å². The highest BCUT2D eigenvalue weighted by Crippen LogP contribution is 2.40. The predicted molar refractivity (Wildman–Crippen MR) is 99.2 cm³/mol. The standard InChI is InChI=1S/C21H14N2O4/c24-13-7-11-5-10-6-12(21-22-14-3-1-2-4-15(14)23-21)8-16(25)18(10)20(27)19(11)17(26)9-13/h1-4,6-9,24-26H,5H2,(H,22,23). The maximum Gasteiger partial charge on any atom is 0.201 e. The molecular formula is C21H14N2O4. The summed E-state index contributed by atoms with van der Waals surface area (Å²) in [6.45, 7) is 0. The van der Waals surface area contributed by atoms with E-state index in [0.29, 0.717) is 28.9 Å². The summed E-state index contributed by atoms with van der Waals surface area (Å²) in [5, 5.41) is 30.3. The number of imidazole rings is 1. The Morgan fingerprint density at radius 3 is 2.37 bits per heavy atom. The molecular weight excluding hydrogens is 344 g/mol. The van der Waals surface area contributed by atoms with Crippen molar-refractivity contribution in [2.24, 2.45) is 0 Å². The smallest absolute Gasteiger partial charge is 0.201 e. The Morgan fingerprint density at radius 1 is 0.889 bits per heavy atom. The van der Waals surface area contributed by atoms with Crippen LogP contribution in [0.4, 0.5) is 0 Å². The van der Waals surface area contributed by atoms with Crippen molar-refractivity contribution >= 4 is 16.8 Å². The second-order valence-corrected chi connectivity index (χ2v) is 6.64. The van der Waals surface area contributed by atoms with Gasteiger partial charge in [-0.25, -0.2) is 4.98 Å². The maximum atomic E-state index is 12.8. The van der Waals surface area contributed by atoms with E-state index in [1.165, 1.54) is 12.1 Å². The molecule has 1 aromatic heterocycles. The van der Waals surface area contributed by atoms with E-state index < -0.39 is 5.78 Å². The molecule has 0 radical (unpaired) electrons. The minimum absolute atomic E-state index is 0.111. The maximum absolute atomic E-state index is 12.8. The Kier molecular flexibility index (Phi) is 3.06. The average Bonchev–Trinajstić information content (AvgIpc) is 3.04. The number of rotatable bonds is 1. The summed E-state index contributed by atoms with van der Waals surface area (Å²) in [7, 11) is 0. The number of H-pyrrole nitrogens is 1. The fraction of sp³-hybridized carbons (Fsp3) is 0.0476. The lowest BCUT2D eigenvalue weighted by Crippen LogP contribution is -2.15.